The Morgan fingerprint density at radius 1 is 1.12 bits per heavy atom. The van der Waals surface area contributed by atoms with E-state index in [2.05, 4.69) is 5.10 Å². The molecule has 0 spiro atoms. The van der Waals surface area contributed by atoms with Crippen LogP contribution in [0.2, 0.25) is 0 Å². The SMILES string of the molecule is CCn1ncc(C(=O)c2ccc3c(c2OC)C(=O)C(C)(C)CC3)c1OCc1ccc(C)cc1. The summed E-state index contributed by atoms with van der Waals surface area (Å²) in [5, 5.41) is 4.35. The third kappa shape index (κ3) is 4.17. The Bertz CT molecular complexity index is 1210. The molecule has 1 aromatic heterocycles. The van der Waals surface area contributed by atoms with Gasteiger partial charge in [-0.3, -0.25) is 9.59 Å². The summed E-state index contributed by atoms with van der Waals surface area (Å²) >= 11 is 0. The first-order chi connectivity index (χ1) is 15.8. The van der Waals surface area contributed by atoms with Crippen LogP contribution in [0.15, 0.2) is 42.6 Å². The number of carbonyl (C=O) groups is 2. The van der Waals surface area contributed by atoms with Gasteiger partial charge in [0.15, 0.2) is 5.78 Å². The highest BCUT2D eigenvalue weighted by Gasteiger charge is 2.38. The molecule has 0 fully saturated rings. The summed E-state index contributed by atoms with van der Waals surface area (Å²) in [6, 6.07) is 11.7. The predicted molar refractivity (Wildman–Crippen MR) is 126 cm³/mol. The van der Waals surface area contributed by atoms with E-state index in [-0.39, 0.29) is 11.6 Å². The maximum Gasteiger partial charge on any atom is 0.223 e. The molecule has 0 saturated carbocycles. The summed E-state index contributed by atoms with van der Waals surface area (Å²) in [5.74, 6) is 0.485. The first kappa shape index (κ1) is 22.8. The Morgan fingerprint density at radius 3 is 2.52 bits per heavy atom. The van der Waals surface area contributed by atoms with E-state index in [4.69, 9.17) is 9.47 Å². The van der Waals surface area contributed by atoms with Crippen molar-refractivity contribution in [2.75, 3.05) is 7.11 Å². The van der Waals surface area contributed by atoms with Gasteiger partial charge >= 0.3 is 0 Å². The van der Waals surface area contributed by atoms with Gasteiger partial charge in [-0.25, -0.2) is 4.68 Å². The molecule has 0 saturated heterocycles. The topological polar surface area (TPSA) is 70.4 Å². The van der Waals surface area contributed by atoms with Gasteiger partial charge in [-0.2, -0.15) is 5.10 Å². The number of ketones is 2. The van der Waals surface area contributed by atoms with Gasteiger partial charge in [0.2, 0.25) is 11.7 Å². The quantitative estimate of drug-likeness (QED) is 0.468. The van der Waals surface area contributed by atoms with Gasteiger partial charge in [-0.1, -0.05) is 49.7 Å². The van der Waals surface area contributed by atoms with E-state index in [0.717, 1.165) is 24.0 Å². The summed E-state index contributed by atoms with van der Waals surface area (Å²) < 4.78 is 13.4. The fraction of sp³-hybridized carbons (Fsp3) is 0.370. The Balaban J connectivity index is 1.72. The molecule has 2 aromatic carbocycles. The van der Waals surface area contributed by atoms with Gasteiger partial charge in [-0.15, -0.1) is 0 Å². The number of benzene rings is 2. The molecular formula is C27H30N2O4. The highest BCUT2D eigenvalue weighted by molar-refractivity contribution is 6.15. The van der Waals surface area contributed by atoms with Gasteiger partial charge in [0.25, 0.3) is 0 Å². The molecule has 3 aromatic rings. The molecule has 1 aliphatic rings. The second kappa shape index (κ2) is 8.85. The molecule has 0 N–H and O–H groups in total. The van der Waals surface area contributed by atoms with Crippen LogP contribution in [0.4, 0.5) is 0 Å². The van der Waals surface area contributed by atoms with Crippen molar-refractivity contribution in [1.82, 2.24) is 9.78 Å². The summed E-state index contributed by atoms with van der Waals surface area (Å²) in [7, 11) is 1.51. The van der Waals surface area contributed by atoms with E-state index in [9.17, 15) is 9.59 Å². The maximum absolute atomic E-state index is 13.7. The van der Waals surface area contributed by atoms with Gasteiger partial charge in [0.1, 0.15) is 17.9 Å². The summed E-state index contributed by atoms with van der Waals surface area (Å²) in [6.07, 6.45) is 3.08. The van der Waals surface area contributed by atoms with Crippen LogP contribution in [-0.2, 0) is 19.6 Å². The zero-order chi connectivity index (χ0) is 23.8. The molecule has 33 heavy (non-hydrogen) atoms. The Hall–Kier alpha value is -3.41. The standard InChI is InChI=1S/C27H30N2O4/c1-6-29-26(33-16-18-9-7-17(2)8-10-18)21(15-28-29)23(30)20-12-11-19-13-14-27(3,4)25(31)22(19)24(20)32-5/h7-12,15H,6,13-14,16H2,1-5H3. The number of nitrogens with zero attached hydrogens (tertiary/aromatic N) is 2. The summed E-state index contributed by atoms with van der Waals surface area (Å²) in [6.45, 7) is 8.74. The third-order valence-electron chi connectivity index (χ3n) is 6.39. The molecule has 0 aliphatic heterocycles. The van der Waals surface area contributed by atoms with Crippen LogP contribution in [0.3, 0.4) is 0 Å². The van der Waals surface area contributed by atoms with Crippen molar-refractivity contribution in [3.63, 3.8) is 0 Å². The molecule has 0 bridgehead atoms. The molecule has 1 aliphatic carbocycles. The molecule has 0 amide bonds. The predicted octanol–water partition coefficient (Wildman–Crippen LogP) is 5.19. The number of rotatable bonds is 7. The Kier molecular flexibility index (Phi) is 6.11. The Labute approximate surface area is 194 Å². The van der Waals surface area contributed by atoms with Crippen molar-refractivity contribution < 1.29 is 19.1 Å². The van der Waals surface area contributed by atoms with Crippen molar-refractivity contribution in [1.29, 1.82) is 0 Å². The minimum atomic E-state index is -0.489. The number of Topliss-reactive ketones (excluding diaryl/α,β-unsaturated/α-hetero) is 1. The smallest absolute Gasteiger partial charge is 0.223 e. The Morgan fingerprint density at radius 2 is 1.85 bits per heavy atom. The highest BCUT2D eigenvalue weighted by atomic mass is 16.5. The molecule has 0 radical (unpaired) electrons. The molecule has 0 unspecified atom stereocenters. The van der Waals surface area contributed by atoms with E-state index < -0.39 is 5.41 Å². The van der Waals surface area contributed by atoms with Gasteiger partial charge in [-0.05, 0) is 43.9 Å². The molecule has 6 nitrogen and oxygen atoms in total. The largest absolute Gasteiger partial charge is 0.495 e. The van der Waals surface area contributed by atoms with E-state index >= 15 is 0 Å². The van der Waals surface area contributed by atoms with Crippen molar-refractivity contribution >= 4 is 11.6 Å². The van der Waals surface area contributed by atoms with Crippen LogP contribution in [-0.4, -0.2) is 28.5 Å². The molecule has 172 valence electrons. The number of aromatic nitrogens is 2. The number of methoxy groups -OCH3 is 1. The molecule has 6 heteroatoms. The number of fused-ring (bicyclic) bond motifs is 1. The van der Waals surface area contributed by atoms with Crippen LogP contribution < -0.4 is 9.47 Å². The lowest BCUT2D eigenvalue weighted by Gasteiger charge is -2.31. The minimum Gasteiger partial charge on any atom is -0.495 e. The van der Waals surface area contributed by atoms with E-state index in [1.807, 2.05) is 58.0 Å². The first-order valence-electron chi connectivity index (χ1n) is 11.3. The minimum absolute atomic E-state index is 0.00958. The second-order valence-electron chi connectivity index (χ2n) is 9.18. The highest BCUT2D eigenvalue weighted by Crippen LogP contribution is 2.41. The lowest BCUT2D eigenvalue weighted by molar-refractivity contribution is 0.0807. The molecule has 4 rings (SSSR count). The fourth-order valence-electron chi connectivity index (χ4n) is 4.26. The maximum atomic E-state index is 13.7. The van der Waals surface area contributed by atoms with Crippen molar-refractivity contribution in [2.45, 2.75) is 53.7 Å². The van der Waals surface area contributed by atoms with Crippen LogP contribution in [0, 0.1) is 12.3 Å². The van der Waals surface area contributed by atoms with Crippen LogP contribution in [0.25, 0.3) is 0 Å². The van der Waals surface area contributed by atoms with Crippen LogP contribution in [0.5, 0.6) is 11.6 Å². The average molecular weight is 447 g/mol. The van der Waals surface area contributed by atoms with Gasteiger partial charge in [0.05, 0.1) is 24.4 Å². The summed E-state index contributed by atoms with van der Waals surface area (Å²) in [4.78, 5) is 26.9. The molecular weight excluding hydrogens is 416 g/mol. The number of aryl methyl sites for hydroxylation is 3. The normalized spacial score (nSPS) is 14.6. The monoisotopic (exact) mass is 446 g/mol. The van der Waals surface area contributed by atoms with Crippen LogP contribution >= 0.6 is 0 Å². The fourth-order valence-corrected chi connectivity index (χ4v) is 4.26. The first-order valence-corrected chi connectivity index (χ1v) is 11.3. The number of ether oxygens (including phenoxy) is 2. The zero-order valence-electron chi connectivity index (χ0n) is 19.9. The number of carbonyl (C=O) groups excluding carboxylic acids is 2. The lowest BCUT2D eigenvalue weighted by Crippen LogP contribution is -2.31. The van der Waals surface area contributed by atoms with Gasteiger partial charge in [0, 0.05) is 12.0 Å². The van der Waals surface area contributed by atoms with Crippen molar-refractivity contribution in [3.05, 3.63) is 76.0 Å². The molecule has 0 atom stereocenters. The van der Waals surface area contributed by atoms with Crippen LogP contribution in [0.1, 0.15) is 70.2 Å². The average Bonchev–Trinajstić information content (AvgIpc) is 3.23. The second-order valence-corrected chi connectivity index (χ2v) is 9.18. The van der Waals surface area contributed by atoms with E-state index in [1.165, 1.54) is 18.9 Å². The lowest BCUT2D eigenvalue weighted by atomic mass is 9.72. The van der Waals surface area contributed by atoms with Gasteiger partial charge < -0.3 is 9.47 Å². The third-order valence-corrected chi connectivity index (χ3v) is 6.39. The molecule has 1 heterocycles. The van der Waals surface area contributed by atoms with Crippen molar-refractivity contribution in [3.8, 4) is 11.6 Å². The van der Waals surface area contributed by atoms with Crippen molar-refractivity contribution in [2.24, 2.45) is 5.41 Å². The zero-order valence-corrected chi connectivity index (χ0v) is 19.9. The van der Waals surface area contributed by atoms with E-state index in [0.29, 0.717) is 41.5 Å². The summed E-state index contributed by atoms with van der Waals surface area (Å²) in [5.41, 5.74) is 3.82. The number of hydrogen-bond acceptors (Lipinski definition) is 5. The number of hydrogen-bond donors (Lipinski definition) is 0. The van der Waals surface area contributed by atoms with E-state index in [1.54, 1.807) is 10.7 Å².